The summed E-state index contributed by atoms with van der Waals surface area (Å²) in [6.45, 7) is 0. The van der Waals surface area contributed by atoms with Gasteiger partial charge >= 0.3 is 6.18 Å². The third-order valence-corrected chi connectivity index (χ3v) is 5.63. The zero-order valence-corrected chi connectivity index (χ0v) is 17.2. The molecule has 4 rings (SSSR count). The van der Waals surface area contributed by atoms with E-state index >= 15 is 0 Å². The van der Waals surface area contributed by atoms with Crippen molar-refractivity contribution >= 4 is 34.3 Å². The number of nitriles is 1. The number of aromatic amines is 1. The molecule has 0 unspecified atom stereocenters. The average Bonchev–Trinajstić information content (AvgIpc) is 3.25. The number of hydrogen-bond donors (Lipinski definition) is 2. The number of halogens is 3. The molecule has 0 aliphatic heterocycles. The summed E-state index contributed by atoms with van der Waals surface area (Å²) < 4.78 is 40.9. The maximum Gasteiger partial charge on any atom is 0.417 e. The van der Waals surface area contributed by atoms with Gasteiger partial charge in [0.2, 0.25) is 5.91 Å². The number of nitrogens with zero attached hydrogens (tertiary/aromatic N) is 2. The Kier molecular flexibility index (Phi) is 5.88. The minimum Gasteiger partial charge on any atom is -0.361 e. The van der Waals surface area contributed by atoms with Crippen LogP contribution in [0.25, 0.3) is 22.2 Å². The molecule has 0 aliphatic rings. The van der Waals surface area contributed by atoms with Gasteiger partial charge in [-0.1, -0.05) is 48.2 Å². The highest BCUT2D eigenvalue weighted by molar-refractivity contribution is 8.00. The van der Waals surface area contributed by atoms with E-state index in [1.807, 2.05) is 12.1 Å². The number of amides is 1. The summed E-state index contributed by atoms with van der Waals surface area (Å²) in [4.78, 5) is 19.7. The summed E-state index contributed by atoms with van der Waals surface area (Å²) in [5.74, 6) is -0.634. The predicted molar refractivity (Wildman–Crippen MR) is 117 cm³/mol. The van der Waals surface area contributed by atoms with Crippen LogP contribution in [-0.2, 0) is 11.0 Å². The topological polar surface area (TPSA) is 81.6 Å². The van der Waals surface area contributed by atoms with Crippen molar-refractivity contribution in [2.45, 2.75) is 11.2 Å². The fourth-order valence-electron chi connectivity index (χ4n) is 3.17. The van der Waals surface area contributed by atoms with E-state index in [0.717, 1.165) is 28.7 Å². The lowest BCUT2D eigenvalue weighted by Gasteiger charge is -2.14. The van der Waals surface area contributed by atoms with Crippen molar-refractivity contribution in [3.63, 3.8) is 0 Å². The Morgan fingerprint density at radius 1 is 1.12 bits per heavy atom. The summed E-state index contributed by atoms with van der Waals surface area (Å²) in [6.07, 6.45) is -2.96. The largest absolute Gasteiger partial charge is 0.417 e. The minimum atomic E-state index is -4.74. The summed E-state index contributed by atoms with van der Waals surface area (Å²) in [5.41, 5.74) is 0.282. The highest BCUT2D eigenvalue weighted by Gasteiger charge is 2.36. The summed E-state index contributed by atoms with van der Waals surface area (Å²) >= 11 is 0.790. The number of aromatic nitrogens is 2. The first-order valence-corrected chi connectivity index (χ1v) is 10.4. The molecule has 32 heavy (non-hydrogen) atoms. The Balaban J connectivity index is 1.60. The number of pyridine rings is 1. The van der Waals surface area contributed by atoms with Crippen LogP contribution < -0.4 is 5.32 Å². The summed E-state index contributed by atoms with van der Waals surface area (Å²) in [6, 6.07) is 18.1. The van der Waals surface area contributed by atoms with E-state index in [9.17, 15) is 23.2 Å². The molecule has 1 amide bonds. The van der Waals surface area contributed by atoms with Gasteiger partial charge < -0.3 is 10.3 Å². The van der Waals surface area contributed by atoms with Gasteiger partial charge in [0.05, 0.1) is 22.6 Å². The number of fused-ring (bicyclic) bond motifs is 1. The van der Waals surface area contributed by atoms with Crippen LogP contribution in [0.2, 0.25) is 0 Å². The van der Waals surface area contributed by atoms with Crippen molar-refractivity contribution in [3.05, 3.63) is 78.0 Å². The third kappa shape index (κ3) is 4.60. The summed E-state index contributed by atoms with van der Waals surface area (Å²) in [7, 11) is 0. The standard InChI is InChI=1S/C23H15F3N4OS/c24-23(25,26)18-11-20(14-4-2-1-3-5-14)30-22(17(18)12-27)32-13-21(31)29-16-7-6-15-8-9-28-19(15)10-16/h1-11,28H,13H2,(H,29,31). The minimum absolute atomic E-state index is 0.0806. The molecular weight excluding hydrogens is 437 g/mol. The lowest BCUT2D eigenvalue weighted by molar-refractivity contribution is -0.138. The molecule has 0 radical (unpaired) electrons. The van der Waals surface area contributed by atoms with E-state index in [0.29, 0.717) is 11.3 Å². The zero-order valence-electron chi connectivity index (χ0n) is 16.4. The molecule has 2 aromatic carbocycles. The highest BCUT2D eigenvalue weighted by atomic mass is 32.2. The predicted octanol–water partition coefficient (Wildman–Crippen LogP) is 5.85. The molecule has 0 aliphatic carbocycles. The van der Waals surface area contributed by atoms with Crippen molar-refractivity contribution in [2.24, 2.45) is 0 Å². The number of rotatable bonds is 5. The smallest absolute Gasteiger partial charge is 0.361 e. The Morgan fingerprint density at radius 2 is 1.91 bits per heavy atom. The lowest BCUT2D eigenvalue weighted by atomic mass is 10.1. The molecule has 0 bridgehead atoms. The first kappa shape index (κ1) is 21.5. The molecule has 2 heterocycles. The van der Waals surface area contributed by atoms with Gasteiger partial charge in [0, 0.05) is 23.0 Å². The molecule has 5 nitrogen and oxygen atoms in total. The van der Waals surface area contributed by atoms with Gasteiger partial charge in [-0.3, -0.25) is 4.79 Å². The van der Waals surface area contributed by atoms with Gasteiger partial charge in [-0.2, -0.15) is 18.4 Å². The Morgan fingerprint density at radius 3 is 2.62 bits per heavy atom. The van der Waals surface area contributed by atoms with Crippen molar-refractivity contribution in [2.75, 3.05) is 11.1 Å². The first-order chi connectivity index (χ1) is 15.3. The van der Waals surface area contributed by atoms with Crippen LogP contribution in [0.3, 0.4) is 0 Å². The number of benzene rings is 2. The van der Waals surface area contributed by atoms with E-state index in [1.165, 1.54) is 0 Å². The zero-order chi connectivity index (χ0) is 22.7. The number of anilines is 1. The van der Waals surface area contributed by atoms with Gasteiger partial charge in [0.1, 0.15) is 11.1 Å². The maximum absolute atomic E-state index is 13.6. The quantitative estimate of drug-likeness (QED) is 0.372. The number of nitrogens with one attached hydrogen (secondary N) is 2. The molecule has 2 aromatic heterocycles. The van der Waals surface area contributed by atoms with Crippen LogP contribution >= 0.6 is 11.8 Å². The molecule has 160 valence electrons. The van der Waals surface area contributed by atoms with Gasteiger partial charge in [0.15, 0.2) is 0 Å². The second kappa shape index (κ2) is 8.77. The Labute approximate surface area is 185 Å². The second-order valence-electron chi connectivity index (χ2n) is 6.83. The van der Waals surface area contributed by atoms with E-state index in [2.05, 4.69) is 15.3 Å². The number of carbonyl (C=O) groups excluding carboxylic acids is 1. The molecule has 0 atom stereocenters. The van der Waals surface area contributed by atoms with Crippen LogP contribution in [0.4, 0.5) is 18.9 Å². The summed E-state index contributed by atoms with van der Waals surface area (Å²) in [5, 5.41) is 12.9. The lowest BCUT2D eigenvalue weighted by Crippen LogP contribution is -2.15. The Bertz CT molecular complexity index is 1330. The monoisotopic (exact) mass is 452 g/mol. The highest BCUT2D eigenvalue weighted by Crippen LogP contribution is 2.38. The Hall–Kier alpha value is -3.77. The van der Waals surface area contributed by atoms with Crippen molar-refractivity contribution in [1.82, 2.24) is 9.97 Å². The fourth-order valence-corrected chi connectivity index (χ4v) is 3.97. The maximum atomic E-state index is 13.6. The number of hydrogen-bond acceptors (Lipinski definition) is 4. The van der Waals surface area contributed by atoms with E-state index in [4.69, 9.17) is 0 Å². The van der Waals surface area contributed by atoms with E-state index < -0.39 is 23.2 Å². The van der Waals surface area contributed by atoms with E-state index in [-0.39, 0.29) is 16.5 Å². The van der Waals surface area contributed by atoms with Crippen LogP contribution in [0, 0.1) is 11.3 Å². The number of alkyl halides is 3. The fraction of sp³-hybridized carbons (Fsp3) is 0.0870. The van der Waals surface area contributed by atoms with Crippen LogP contribution in [0.15, 0.2) is 71.9 Å². The van der Waals surface area contributed by atoms with Crippen molar-refractivity contribution in [1.29, 1.82) is 5.26 Å². The normalized spacial score (nSPS) is 11.3. The molecule has 4 aromatic rings. The molecule has 0 saturated heterocycles. The molecule has 0 spiro atoms. The van der Waals surface area contributed by atoms with Gasteiger partial charge in [0.25, 0.3) is 0 Å². The average molecular weight is 452 g/mol. The molecular formula is C23H15F3N4OS. The van der Waals surface area contributed by atoms with Crippen molar-refractivity contribution < 1.29 is 18.0 Å². The number of thioether (sulfide) groups is 1. The van der Waals surface area contributed by atoms with Crippen LogP contribution in [-0.4, -0.2) is 21.6 Å². The molecule has 0 saturated carbocycles. The number of H-pyrrole nitrogens is 1. The van der Waals surface area contributed by atoms with Gasteiger partial charge in [-0.25, -0.2) is 4.98 Å². The SMILES string of the molecule is N#Cc1c(C(F)(F)F)cc(-c2ccccc2)nc1SCC(=O)Nc1ccc2cc[nH]c2c1. The first-order valence-electron chi connectivity index (χ1n) is 9.42. The van der Waals surface area contributed by atoms with Gasteiger partial charge in [-0.15, -0.1) is 0 Å². The molecule has 0 fully saturated rings. The number of carbonyl (C=O) groups is 1. The van der Waals surface area contributed by atoms with Gasteiger partial charge in [-0.05, 0) is 29.7 Å². The molecule has 2 N–H and O–H groups in total. The molecule has 9 heteroatoms. The third-order valence-electron chi connectivity index (χ3n) is 4.65. The van der Waals surface area contributed by atoms with Crippen molar-refractivity contribution in [3.8, 4) is 17.3 Å². The van der Waals surface area contributed by atoms with Crippen LogP contribution in [0.5, 0.6) is 0 Å². The van der Waals surface area contributed by atoms with Crippen LogP contribution in [0.1, 0.15) is 11.1 Å². The second-order valence-corrected chi connectivity index (χ2v) is 7.79. The van der Waals surface area contributed by atoms with E-state index in [1.54, 1.807) is 54.7 Å².